The number of carboxylic acids is 1. The van der Waals surface area contributed by atoms with Crippen LogP contribution in [0, 0.1) is 6.92 Å². The molecule has 1 aromatic carbocycles. The van der Waals surface area contributed by atoms with Gasteiger partial charge in [-0.15, -0.1) is 0 Å². The molecular weight excluding hydrogens is 202 g/mol. The average Bonchev–Trinajstić information content (AvgIpc) is 2.29. The van der Waals surface area contributed by atoms with Gasteiger partial charge in [0.15, 0.2) is 0 Å². The highest BCUT2D eigenvalue weighted by Crippen LogP contribution is 2.26. The molecule has 84 valence electrons. The molecule has 0 radical (unpaired) electrons. The zero-order chi connectivity index (χ0) is 11.5. The van der Waals surface area contributed by atoms with Crippen LogP contribution in [0.25, 0.3) is 0 Å². The predicted octanol–water partition coefficient (Wildman–Crippen LogP) is 2.46. The van der Waals surface area contributed by atoms with Gasteiger partial charge in [0.05, 0.1) is 11.3 Å². The lowest BCUT2D eigenvalue weighted by Gasteiger charge is -2.28. The molecule has 1 N–H and O–H groups in total. The van der Waals surface area contributed by atoms with Gasteiger partial charge < -0.3 is 10.0 Å². The van der Waals surface area contributed by atoms with E-state index in [9.17, 15) is 9.90 Å². The van der Waals surface area contributed by atoms with Gasteiger partial charge in [-0.2, -0.15) is 0 Å². The third kappa shape index (κ3) is 1.94. The van der Waals surface area contributed by atoms with E-state index in [1.807, 2.05) is 13.0 Å². The first kappa shape index (κ1) is 10.7. The summed E-state index contributed by atoms with van der Waals surface area (Å²) in [4.78, 5) is 13.3. The summed E-state index contributed by atoms with van der Waals surface area (Å²) in [5, 5.41) is 9.18. The van der Waals surface area contributed by atoms with Gasteiger partial charge in [0.1, 0.15) is 0 Å². The molecule has 1 aliphatic rings. The first-order chi connectivity index (χ1) is 7.70. The monoisotopic (exact) mass is 217 g/mol. The van der Waals surface area contributed by atoms with Crippen molar-refractivity contribution < 1.29 is 9.90 Å². The molecule has 0 fully saturated rings. The smallest absolute Gasteiger partial charge is 0.337 e. The fourth-order valence-electron chi connectivity index (χ4n) is 2.10. The van der Waals surface area contributed by atoms with Crippen molar-refractivity contribution in [3.05, 3.63) is 41.5 Å². The van der Waals surface area contributed by atoms with Crippen molar-refractivity contribution in [1.29, 1.82) is 0 Å². The molecule has 0 saturated carbocycles. The molecule has 0 saturated heterocycles. The van der Waals surface area contributed by atoms with E-state index in [0.29, 0.717) is 5.56 Å². The van der Waals surface area contributed by atoms with Crippen molar-refractivity contribution in [1.82, 2.24) is 0 Å². The molecule has 0 atom stereocenters. The van der Waals surface area contributed by atoms with Gasteiger partial charge in [-0.25, -0.2) is 4.79 Å². The first-order valence-electron chi connectivity index (χ1n) is 5.43. The SMILES string of the molecule is Cc1cccc(C(=O)O)c1N1CC=CCC1. The molecule has 0 unspecified atom stereocenters. The molecule has 0 bridgehead atoms. The molecule has 1 heterocycles. The normalized spacial score (nSPS) is 15.2. The Balaban J connectivity index is 2.44. The van der Waals surface area contributed by atoms with Gasteiger partial charge in [0, 0.05) is 13.1 Å². The summed E-state index contributed by atoms with van der Waals surface area (Å²) in [7, 11) is 0. The Morgan fingerprint density at radius 2 is 2.19 bits per heavy atom. The van der Waals surface area contributed by atoms with Crippen LogP contribution in [0.5, 0.6) is 0 Å². The summed E-state index contributed by atoms with van der Waals surface area (Å²) < 4.78 is 0. The lowest BCUT2D eigenvalue weighted by molar-refractivity contribution is 0.0697. The van der Waals surface area contributed by atoms with Crippen molar-refractivity contribution in [3.8, 4) is 0 Å². The van der Waals surface area contributed by atoms with Crippen molar-refractivity contribution in [2.45, 2.75) is 13.3 Å². The predicted molar refractivity (Wildman–Crippen MR) is 64.1 cm³/mol. The number of aryl methyl sites for hydroxylation is 1. The fourth-order valence-corrected chi connectivity index (χ4v) is 2.10. The lowest BCUT2D eigenvalue weighted by Crippen LogP contribution is -2.29. The molecule has 0 amide bonds. The maximum Gasteiger partial charge on any atom is 0.337 e. The molecule has 0 aromatic heterocycles. The number of hydrogen-bond acceptors (Lipinski definition) is 2. The van der Waals surface area contributed by atoms with E-state index < -0.39 is 5.97 Å². The average molecular weight is 217 g/mol. The molecule has 0 aliphatic carbocycles. The largest absolute Gasteiger partial charge is 0.478 e. The van der Waals surface area contributed by atoms with Gasteiger partial charge in [-0.05, 0) is 25.0 Å². The van der Waals surface area contributed by atoms with Crippen LogP contribution in [0.1, 0.15) is 22.3 Å². The summed E-state index contributed by atoms with van der Waals surface area (Å²) in [6.07, 6.45) is 5.20. The molecular formula is C13H15NO2. The van der Waals surface area contributed by atoms with Crippen LogP contribution in [0.2, 0.25) is 0 Å². The van der Waals surface area contributed by atoms with Gasteiger partial charge in [-0.3, -0.25) is 0 Å². The Kier molecular flexibility index (Phi) is 2.95. The third-order valence-electron chi connectivity index (χ3n) is 2.84. The van der Waals surface area contributed by atoms with Crippen molar-refractivity contribution in [2.75, 3.05) is 18.0 Å². The minimum atomic E-state index is -0.853. The number of carbonyl (C=O) groups is 1. The van der Waals surface area contributed by atoms with Gasteiger partial charge in [0.25, 0.3) is 0 Å². The Hall–Kier alpha value is -1.77. The van der Waals surface area contributed by atoms with Crippen molar-refractivity contribution >= 4 is 11.7 Å². The molecule has 3 heteroatoms. The summed E-state index contributed by atoms with van der Waals surface area (Å²) in [6.45, 7) is 3.65. The van der Waals surface area contributed by atoms with E-state index in [1.165, 1.54) is 0 Å². The highest BCUT2D eigenvalue weighted by atomic mass is 16.4. The second kappa shape index (κ2) is 4.39. The Morgan fingerprint density at radius 1 is 1.38 bits per heavy atom. The highest BCUT2D eigenvalue weighted by molar-refractivity contribution is 5.95. The first-order valence-corrected chi connectivity index (χ1v) is 5.43. The molecule has 16 heavy (non-hydrogen) atoms. The van der Waals surface area contributed by atoms with Crippen LogP contribution in [0.3, 0.4) is 0 Å². The van der Waals surface area contributed by atoms with Crippen molar-refractivity contribution in [2.24, 2.45) is 0 Å². The minimum absolute atomic E-state index is 0.398. The van der Waals surface area contributed by atoms with Crippen LogP contribution in [-0.4, -0.2) is 24.2 Å². The second-order valence-electron chi connectivity index (χ2n) is 3.98. The van der Waals surface area contributed by atoms with E-state index in [0.717, 1.165) is 30.8 Å². The number of rotatable bonds is 2. The van der Waals surface area contributed by atoms with Crippen LogP contribution in [0.15, 0.2) is 30.4 Å². The number of nitrogens with zero attached hydrogens (tertiary/aromatic N) is 1. The zero-order valence-corrected chi connectivity index (χ0v) is 9.31. The standard InChI is InChI=1S/C13H15NO2/c1-10-6-5-7-11(13(15)16)12(10)14-8-3-2-4-9-14/h2-3,5-7H,4,8-9H2,1H3,(H,15,16). The van der Waals surface area contributed by atoms with Crippen LogP contribution < -0.4 is 4.90 Å². The highest BCUT2D eigenvalue weighted by Gasteiger charge is 2.17. The Morgan fingerprint density at radius 3 is 2.81 bits per heavy atom. The third-order valence-corrected chi connectivity index (χ3v) is 2.84. The van der Waals surface area contributed by atoms with Crippen LogP contribution in [-0.2, 0) is 0 Å². The molecule has 1 aromatic rings. The number of para-hydroxylation sites is 1. The molecule has 3 nitrogen and oxygen atoms in total. The molecule has 2 rings (SSSR count). The summed E-state index contributed by atoms with van der Waals surface area (Å²) in [6, 6.07) is 5.42. The maximum atomic E-state index is 11.2. The number of carboxylic acid groups (broad SMARTS) is 1. The zero-order valence-electron chi connectivity index (χ0n) is 9.31. The quantitative estimate of drug-likeness (QED) is 0.773. The number of benzene rings is 1. The number of aromatic carboxylic acids is 1. The summed E-state index contributed by atoms with van der Waals surface area (Å²) in [5.41, 5.74) is 2.28. The minimum Gasteiger partial charge on any atom is -0.478 e. The van der Waals surface area contributed by atoms with Crippen LogP contribution in [0.4, 0.5) is 5.69 Å². The number of anilines is 1. The van der Waals surface area contributed by atoms with Crippen molar-refractivity contribution in [3.63, 3.8) is 0 Å². The Bertz CT molecular complexity index is 438. The van der Waals surface area contributed by atoms with Gasteiger partial charge >= 0.3 is 5.97 Å². The van der Waals surface area contributed by atoms with E-state index in [1.54, 1.807) is 12.1 Å². The molecule has 1 aliphatic heterocycles. The fraction of sp³-hybridized carbons (Fsp3) is 0.308. The van der Waals surface area contributed by atoms with E-state index >= 15 is 0 Å². The van der Waals surface area contributed by atoms with E-state index in [-0.39, 0.29) is 0 Å². The van der Waals surface area contributed by atoms with Gasteiger partial charge in [-0.1, -0.05) is 24.3 Å². The lowest BCUT2D eigenvalue weighted by atomic mass is 10.1. The molecule has 0 spiro atoms. The topological polar surface area (TPSA) is 40.5 Å². The summed E-state index contributed by atoms with van der Waals surface area (Å²) in [5.74, 6) is -0.853. The summed E-state index contributed by atoms with van der Waals surface area (Å²) >= 11 is 0. The van der Waals surface area contributed by atoms with Gasteiger partial charge in [0.2, 0.25) is 0 Å². The maximum absolute atomic E-state index is 11.2. The van der Waals surface area contributed by atoms with E-state index in [2.05, 4.69) is 17.1 Å². The second-order valence-corrected chi connectivity index (χ2v) is 3.98. The Labute approximate surface area is 95.0 Å². The van der Waals surface area contributed by atoms with E-state index in [4.69, 9.17) is 0 Å². The van der Waals surface area contributed by atoms with Crippen LogP contribution >= 0.6 is 0 Å². The number of hydrogen-bond donors (Lipinski definition) is 1.